The van der Waals surface area contributed by atoms with Crippen molar-refractivity contribution in [3.63, 3.8) is 0 Å². The minimum Gasteiger partial charge on any atom is -0.385 e. The third kappa shape index (κ3) is 6.56. The van der Waals surface area contributed by atoms with Crippen LogP contribution in [0.3, 0.4) is 0 Å². The van der Waals surface area contributed by atoms with Gasteiger partial charge in [-0.05, 0) is 31.0 Å². The van der Waals surface area contributed by atoms with E-state index >= 15 is 0 Å². The predicted octanol–water partition coefficient (Wildman–Crippen LogP) is 1.89. The van der Waals surface area contributed by atoms with Crippen molar-refractivity contribution in [1.82, 2.24) is 10.0 Å². The molecule has 0 radical (unpaired) electrons. The highest BCUT2D eigenvalue weighted by Gasteiger charge is 2.17. The quantitative estimate of drug-likeness (QED) is 0.730. The van der Waals surface area contributed by atoms with Crippen molar-refractivity contribution in [3.8, 4) is 0 Å². The van der Waals surface area contributed by atoms with E-state index in [1.54, 1.807) is 25.3 Å². The fourth-order valence-electron chi connectivity index (χ4n) is 1.83. The average molecular weight is 314 g/mol. The van der Waals surface area contributed by atoms with Gasteiger partial charge in [0.1, 0.15) is 0 Å². The van der Waals surface area contributed by atoms with Crippen molar-refractivity contribution in [2.45, 2.75) is 50.7 Å². The molecular formula is C15H26N2O3S. The Morgan fingerprint density at radius 2 is 1.95 bits per heavy atom. The van der Waals surface area contributed by atoms with E-state index in [1.807, 2.05) is 13.0 Å². The smallest absolute Gasteiger partial charge is 0.240 e. The summed E-state index contributed by atoms with van der Waals surface area (Å²) in [6.45, 7) is 7.13. The zero-order chi connectivity index (χ0) is 15.9. The van der Waals surface area contributed by atoms with Crippen molar-refractivity contribution >= 4 is 10.0 Å². The summed E-state index contributed by atoms with van der Waals surface area (Å²) in [6.07, 6.45) is 0.643. The molecule has 0 aliphatic heterocycles. The van der Waals surface area contributed by atoms with Gasteiger partial charge in [0.25, 0.3) is 0 Å². The van der Waals surface area contributed by atoms with Crippen LogP contribution in [0.4, 0.5) is 0 Å². The highest BCUT2D eigenvalue weighted by atomic mass is 32.2. The first-order valence-corrected chi connectivity index (χ1v) is 8.67. The molecule has 1 rings (SSSR count). The Bertz CT molecular complexity index is 529. The summed E-state index contributed by atoms with van der Waals surface area (Å²) in [5.41, 5.74) is 0.955. The Balaban J connectivity index is 2.76. The van der Waals surface area contributed by atoms with Crippen LogP contribution in [0.2, 0.25) is 0 Å². The fourth-order valence-corrected chi connectivity index (χ4v) is 3.18. The van der Waals surface area contributed by atoms with Crippen LogP contribution in [0, 0.1) is 0 Å². The maximum atomic E-state index is 12.3. The molecule has 0 heterocycles. The summed E-state index contributed by atoms with van der Waals surface area (Å²) >= 11 is 0. The van der Waals surface area contributed by atoms with Gasteiger partial charge in [0.05, 0.1) is 4.90 Å². The number of benzene rings is 1. The Kier molecular flexibility index (Phi) is 7.31. The molecule has 5 nitrogen and oxygen atoms in total. The standard InChI is InChI=1S/C15H26N2O3S/c1-12(2)16-11-14-6-5-7-15(10-14)21(18,19)17-13(3)8-9-20-4/h5-7,10,12-13,16-17H,8-9,11H2,1-4H3. The first-order chi connectivity index (χ1) is 9.85. The average Bonchev–Trinajstić information content (AvgIpc) is 2.43. The van der Waals surface area contributed by atoms with Crippen LogP contribution in [0.1, 0.15) is 32.8 Å². The monoisotopic (exact) mass is 314 g/mol. The molecule has 0 amide bonds. The van der Waals surface area contributed by atoms with Crippen LogP contribution in [0.15, 0.2) is 29.2 Å². The summed E-state index contributed by atoms with van der Waals surface area (Å²) in [5, 5.41) is 3.28. The van der Waals surface area contributed by atoms with Gasteiger partial charge < -0.3 is 10.1 Å². The van der Waals surface area contributed by atoms with Crippen LogP contribution in [0.5, 0.6) is 0 Å². The lowest BCUT2D eigenvalue weighted by atomic mass is 10.2. The number of ether oxygens (including phenoxy) is 1. The van der Waals surface area contributed by atoms with Crippen molar-refractivity contribution < 1.29 is 13.2 Å². The second-order valence-electron chi connectivity index (χ2n) is 5.49. The summed E-state index contributed by atoms with van der Waals surface area (Å²) in [6, 6.07) is 7.21. The molecule has 0 bridgehead atoms. The van der Waals surface area contributed by atoms with Crippen molar-refractivity contribution in [1.29, 1.82) is 0 Å². The van der Waals surface area contributed by atoms with E-state index in [0.717, 1.165) is 5.56 Å². The van der Waals surface area contributed by atoms with Crippen LogP contribution in [-0.2, 0) is 21.3 Å². The van der Waals surface area contributed by atoms with Gasteiger partial charge in [-0.2, -0.15) is 0 Å². The number of hydrogen-bond donors (Lipinski definition) is 2. The van der Waals surface area contributed by atoms with E-state index in [0.29, 0.717) is 30.5 Å². The van der Waals surface area contributed by atoms with E-state index < -0.39 is 10.0 Å². The topological polar surface area (TPSA) is 67.4 Å². The largest absolute Gasteiger partial charge is 0.385 e. The van der Waals surface area contributed by atoms with Crippen LogP contribution < -0.4 is 10.0 Å². The normalized spacial score (nSPS) is 13.6. The van der Waals surface area contributed by atoms with Crippen molar-refractivity contribution in [3.05, 3.63) is 29.8 Å². The highest BCUT2D eigenvalue weighted by Crippen LogP contribution is 2.12. The van der Waals surface area contributed by atoms with Crippen molar-refractivity contribution in [2.75, 3.05) is 13.7 Å². The molecule has 2 N–H and O–H groups in total. The van der Waals surface area contributed by atoms with Crippen molar-refractivity contribution in [2.24, 2.45) is 0 Å². The molecule has 0 saturated carbocycles. The van der Waals surface area contributed by atoms with E-state index in [4.69, 9.17) is 4.74 Å². The molecule has 0 aromatic heterocycles. The molecular weight excluding hydrogens is 288 g/mol. The zero-order valence-corrected chi connectivity index (χ0v) is 14.0. The molecule has 6 heteroatoms. The maximum Gasteiger partial charge on any atom is 0.240 e. The molecule has 0 aliphatic carbocycles. The number of nitrogens with one attached hydrogen (secondary N) is 2. The summed E-state index contributed by atoms with van der Waals surface area (Å²) in [7, 11) is -1.88. The minimum absolute atomic E-state index is 0.160. The Morgan fingerprint density at radius 3 is 2.57 bits per heavy atom. The lowest BCUT2D eigenvalue weighted by Crippen LogP contribution is -2.33. The van der Waals surface area contributed by atoms with Crippen LogP contribution >= 0.6 is 0 Å². The van der Waals surface area contributed by atoms with E-state index in [1.165, 1.54) is 0 Å². The minimum atomic E-state index is -3.48. The molecule has 0 saturated heterocycles. The van der Waals surface area contributed by atoms with Gasteiger partial charge >= 0.3 is 0 Å². The van der Waals surface area contributed by atoms with Gasteiger partial charge in [0, 0.05) is 32.3 Å². The second-order valence-corrected chi connectivity index (χ2v) is 7.20. The number of hydrogen-bond acceptors (Lipinski definition) is 4. The summed E-state index contributed by atoms with van der Waals surface area (Å²) < 4.78 is 32.3. The highest BCUT2D eigenvalue weighted by molar-refractivity contribution is 7.89. The molecule has 1 unspecified atom stereocenters. The van der Waals surface area contributed by atoms with Gasteiger partial charge in [0.2, 0.25) is 10.0 Å². The van der Waals surface area contributed by atoms with Gasteiger partial charge in [-0.3, -0.25) is 0 Å². The zero-order valence-electron chi connectivity index (χ0n) is 13.2. The first kappa shape index (κ1) is 18.1. The lowest BCUT2D eigenvalue weighted by Gasteiger charge is -2.14. The van der Waals surface area contributed by atoms with Crippen LogP contribution in [0.25, 0.3) is 0 Å². The second kappa shape index (κ2) is 8.48. The molecule has 1 aromatic carbocycles. The maximum absolute atomic E-state index is 12.3. The Hall–Kier alpha value is -0.950. The fraction of sp³-hybridized carbons (Fsp3) is 0.600. The molecule has 1 aromatic rings. The van der Waals surface area contributed by atoms with E-state index in [-0.39, 0.29) is 6.04 Å². The summed E-state index contributed by atoms with van der Waals surface area (Å²) in [4.78, 5) is 0.301. The Labute approximate surface area is 128 Å². The van der Waals surface area contributed by atoms with Crippen LogP contribution in [-0.4, -0.2) is 34.2 Å². The number of sulfonamides is 1. The third-order valence-corrected chi connectivity index (χ3v) is 4.62. The SMILES string of the molecule is COCCC(C)NS(=O)(=O)c1cccc(CNC(C)C)c1. The third-order valence-electron chi connectivity index (χ3n) is 3.03. The van der Waals surface area contributed by atoms with Gasteiger partial charge in [-0.15, -0.1) is 0 Å². The molecule has 0 spiro atoms. The summed E-state index contributed by atoms with van der Waals surface area (Å²) in [5.74, 6) is 0. The van der Waals surface area contributed by atoms with E-state index in [9.17, 15) is 8.42 Å². The van der Waals surface area contributed by atoms with Gasteiger partial charge in [-0.25, -0.2) is 13.1 Å². The molecule has 1 atom stereocenters. The molecule has 120 valence electrons. The molecule has 0 aliphatic rings. The van der Waals surface area contributed by atoms with E-state index in [2.05, 4.69) is 23.9 Å². The molecule has 0 fully saturated rings. The lowest BCUT2D eigenvalue weighted by molar-refractivity contribution is 0.188. The number of rotatable bonds is 9. The number of methoxy groups -OCH3 is 1. The molecule has 21 heavy (non-hydrogen) atoms. The Morgan fingerprint density at radius 1 is 1.24 bits per heavy atom. The van der Waals surface area contributed by atoms with Gasteiger partial charge in [0.15, 0.2) is 0 Å². The predicted molar refractivity (Wildman–Crippen MR) is 84.7 cm³/mol. The first-order valence-electron chi connectivity index (χ1n) is 7.18. The van der Waals surface area contributed by atoms with Gasteiger partial charge in [-0.1, -0.05) is 26.0 Å².